The summed E-state index contributed by atoms with van der Waals surface area (Å²) in [5.74, 6) is 0.625. The van der Waals surface area contributed by atoms with Crippen molar-refractivity contribution in [2.45, 2.75) is 38.2 Å². The third-order valence-electron chi connectivity index (χ3n) is 3.05. The van der Waals surface area contributed by atoms with Gasteiger partial charge in [-0.1, -0.05) is 6.42 Å². The molecule has 0 heterocycles. The summed E-state index contributed by atoms with van der Waals surface area (Å²) in [5.41, 5.74) is 5.69. The van der Waals surface area contributed by atoms with Crippen LogP contribution < -0.4 is 10.5 Å². The number of nitrogens with two attached hydrogens (primary N) is 1. The Morgan fingerprint density at radius 3 is 2.59 bits per heavy atom. The second kappa shape index (κ2) is 5.03. The lowest BCUT2D eigenvalue weighted by atomic mass is 9.98. The molecule has 0 spiro atoms. The van der Waals surface area contributed by atoms with Crippen LogP contribution in [0.25, 0.3) is 0 Å². The minimum Gasteiger partial charge on any atom is -0.490 e. The molecular formula is C12H16N2O3. The van der Waals surface area contributed by atoms with Crippen molar-refractivity contribution in [1.82, 2.24) is 0 Å². The first-order valence-corrected chi connectivity index (χ1v) is 5.87. The molecule has 0 unspecified atom stereocenters. The van der Waals surface area contributed by atoms with E-state index in [2.05, 4.69) is 0 Å². The van der Waals surface area contributed by atoms with E-state index in [4.69, 9.17) is 10.5 Å². The highest BCUT2D eigenvalue weighted by atomic mass is 16.6. The van der Waals surface area contributed by atoms with Gasteiger partial charge in [0.15, 0.2) is 0 Å². The maximum Gasteiger partial charge on any atom is 0.292 e. The van der Waals surface area contributed by atoms with Gasteiger partial charge in [0.2, 0.25) is 0 Å². The van der Waals surface area contributed by atoms with Crippen LogP contribution in [-0.2, 0) is 0 Å². The topological polar surface area (TPSA) is 78.4 Å². The highest BCUT2D eigenvalue weighted by Crippen LogP contribution is 2.29. The van der Waals surface area contributed by atoms with Crippen molar-refractivity contribution in [1.29, 1.82) is 0 Å². The Hall–Kier alpha value is -1.78. The summed E-state index contributed by atoms with van der Waals surface area (Å²) in [7, 11) is 0. The molecule has 0 amide bonds. The highest BCUT2D eigenvalue weighted by molar-refractivity contribution is 5.60. The molecular weight excluding hydrogens is 220 g/mol. The van der Waals surface area contributed by atoms with Crippen LogP contribution in [0.3, 0.4) is 0 Å². The first-order chi connectivity index (χ1) is 8.16. The number of ether oxygens (including phenoxy) is 1. The molecule has 17 heavy (non-hydrogen) atoms. The molecule has 1 saturated carbocycles. The monoisotopic (exact) mass is 236 g/mol. The fourth-order valence-corrected chi connectivity index (χ4v) is 2.15. The van der Waals surface area contributed by atoms with E-state index < -0.39 is 4.92 Å². The van der Waals surface area contributed by atoms with Crippen LogP contribution in [0, 0.1) is 10.1 Å². The van der Waals surface area contributed by atoms with Crippen LogP contribution in [0.5, 0.6) is 5.75 Å². The number of nitro groups is 1. The Morgan fingerprint density at radius 1 is 1.29 bits per heavy atom. The Morgan fingerprint density at radius 2 is 2.00 bits per heavy atom. The van der Waals surface area contributed by atoms with Gasteiger partial charge in [0.05, 0.1) is 11.0 Å². The van der Waals surface area contributed by atoms with Crippen molar-refractivity contribution in [3.8, 4) is 5.75 Å². The summed E-state index contributed by atoms with van der Waals surface area (Å²) in [5, 5.41) is 10.6. The molecule has 0 aliphatic heterocycles. The van der Waals surface area contributed by atoms with Gasteiger partial charge >= 0.3 is 0 Å². The number of nitrogens with zero attached hydrogens (tertiary/aromatic N) is 1. The maximum absolute atomic E-state index is 10.6. The molecule has 0 aromatic heterocycles. The minimum absolute atomic E-state index is 0.0685. The van der Waals surface area contributed by atoms with Crippen molar-refractivity contribution < 1.29 is 9.66 Å². The average Bonchev–Trinajstić information content (AvgIpc) is 2.30. The molecule has 5 heteroatoms. The molecule has 92 valence electrons. The quantitative estimate of drug-likeness (QED) is 0.497. The van der Waals surface area contributed by atoms with Crippen LogP contribution in [0.15, 0.2) is 18.2 Å². The van der Waals surface area contributed by atoms with Crippen LogP contribution >= 0.6 is 0 Å². The van der Waals surface area contributed by atoms with E-state index in [1.807, 2.05) is 0 Å². The molecule has 0 bridgehead atoms. The Kier molecular flexibility index (Phi) is 3.46. The third kappa shape index (κ3) is 2.87. The average molecular weight is 236 g/mol. The van der Waals surface area contributed by atoms with Gasteiger partial charge in [-0.05, 0) is 31.7 Å². The van der Waals surface area contributed by atoms with Crippen molar-refractivity contribution in [3.05, 3.63) is 28.3 Å². The number of anilines is 1. The molecule has 2 rings (SSSR count). The summed E-state index contributed by atoms with van der Waals surface area (Å²) in [6.45, 7) is 0. The number of hydrogen-bond acceptors (Lipinski definition) is 4. The lowest BCUT2D eigenvalue weighted by Gasteiger charge is -2.23. The second-order valence-electron chi connectivity index (χ2n) is 4.36. The van der Waals surface area contributed by atoms with E-state index in [0.29, 0.717) is 5.75 Å². The Balaban J connectivity index is 2.06. The molecule has 1 aromatic carbocycles. The van der Waals surface area contributed by atoms with E-state index in [1.54, 1.807) is 6.07 Å². The molecule has 1 aliphatic carbocycles. The van der Waals surface area contributed by atoms with Crippen molar-refractivity contribution in [2.24, 2.45) is 0 Å². The molecule has 1 aliphatic rings. The summed E-state index contributed by atoms with van der Waals surface area (Å²) in [4.78, 5) is 10.1. The lowest BCUT2D eigenvalue weighted by molar-refractivity contribution is -0.383. The van der Waals surface area contributed by atoms with Gasteiger partial charge in [-0.2, -0.15) is 0 Å². The fraction of sp³-hybridized carbons (Fsp3) is 0.500. The minimum atomic E-state index is -0.486. The summed E-state index contributed by atoms with van der Waals surface area (Å²) < 4.78 is 5.77. The third-order valence-corrected chi connectivity index (χ3v) is 3.05. The SMILES string of the molecule is Nc1cc(OC2CCCCC2)ccc1[N+](=O)[O-]. The molecule has 0 radical (unpaired) electrons. The predicted octanol–water partition coefficient (Wildman–Crippen LogP) is 2.89. The van der Waals surface area contributed by atoms with Crippen LogP contribution in [0.4, 0.5) is 11.4 Å². The zero-order valence-electron chi connectivity index (χ0n) is 9.59. The van der Waals surface area contributed by atoms with Gasteiger partial charge < -0.3 is 10.5 Å². The van der Waals surface area contributed by atoms with Gasteiger partial charge in [0.1, 0.15) is 11.4 Å². The van der Waals surface area contributed by atoms with E-state index >= 15 is 0 Å². The predicted molar refractivity (Wildman–Crippen MR) is 65.0 cm³/mol. The van der Waals surface area contributed by atoms with E-state index in [-0.39, 0.29) is 17.5 Å². The molecule has 0 atom stereocenters. The number of hydrogen-bond donors (Lipinski definition) is 1. The number of nitrogen functional groups attached to an aromatic ring is 1. The van der Waals surface area contributed by atoms with Crippen molar-refractivity contribution in [3.63, 3.8) is 0 Å². The van der Waals surface area contributed by atoms with Gasteiger partial charge in [-0.25, -0.2) is 0 Å². The van der Waals surface area contributed by atoms with Crippen LogP contribution in [0.1, 0.15) is 32.1 Å². The van der Waals surface area contributed by atoms with E-state index in [0.717, 1.165) is 12.8 Å². The standard InChI is InChI=1S/C12H16N2O3/c13-11-8-10(6-7-12(11)14(15)16)17-9-4-2-1-3-5-9/h6-9H,1-5,13H2. The summed E-state index contributed by atoms with van der Waals surface area (Å²) in [6, 6.07) is 4.54. The molecule has 1 fully saturated rings. The lowest BCUT2D eigenvalue weighted by Crippen LogP contribution is -2.19. The van der Waals surface area contributed by atoms with Crippen molar-refractivity contribution >= 4 is 11.4 Å². The number of nitro benzene ring substituents is 1. The van der Waals surface area contributed by atoms with Gasteiger partial charge in [0, 0.05) is 12.1 Å². The Bertz CT molecular complexity index is 414. The van der Waals surface area contributed by atoms with Crippen LogP contribution in [0.2, 0.25) is 0 Å². The number of benzene rings is 1. The first-order valence-electron chi connectivity index (χ1n) is 5.87. The maximum atomic E-state index is 10.6. The molecule has 1 aromatic rings. The van der Waals surface area contributed by atoms with Gasteiger partial charge in [0.25, 0.3) is 5.69 Å². The molecule has 2 N–H and O–H groups in total. The van der Waals surface area contributed by atoms with E-state index in [9.17, 15) is 10.1 Å². The molecule has 5 nitrogen and oxygen atoms in total. The van der Waals surface area contributed by atoms with Gasteiger partial charge in [-0.3, -0.25) is 10.1 Å². The fourth-order valence-electron chi connectivity index (χ4n) is 2.15. The van der Waals surface area contributed by atoms with Gasteiger partial charge in [-0.15, -0.1) is 0 Å². The second-order valence-corrected chi connectivity index (χ2v) is 4.36. The number of rotatable bonds is 3. The largest absolute Gasteiger partial charge is 0.490 e. The summed E-state index contributed by atoms with van der Waals surface area (Å²) in [6.07, 6.45) is 5.97. The van der Waals surface area contributed by atoms with Crippen LogP contribution in [-0.4, -0.2) is 11.0 Å². The van der Waals surface area contributed by atoms with Crippen molar-refractivity contribution in [2.75, 3.05) is 5.73 Å². The molecule has 0 saturated heterocycles. The summed E-state index contributed by atoms with van der Waals surface area (Å²) >= 11 is 0. The first kappa shape index (κ1) is 11.7. The highest BCUT2D eigenvalue weighted by Gasteiger charge is 2.17. The van der Waals surface area contributed by atoms with E-state index in [1.165, 1.54) is 31.4 Å². The zero-order chi connectivity index (χ0) is 12.3. The normalized spacial score (nSPS) is 16.7. The Labute approximate surface area is 99.7 Å². The zero-order valence-corrected chi connectivity index (χ0v) is 9.59. The smallest absolute Gasteiger partial charge is 0.292 e.